The van der Waals surface area contributed by atoms with Crippen LogP contribution in [-0.4, -0.2) is 23.9 Å². The van der Waals surface area contributed by atoms with E-state index < -0.39 is 24.9 Å². The fraction of sp³-hybridized carbons (Fsp3) is 1.00. The maximum Gasteiger partial charge on any atom is 0.204 e. The first-order valence-corrected chi connectivity index (χ1v) is 13.2. The summed E-state index contributed by atoms with van der Waals surface area (Å²) in [5.74, 6) is 0. The molecule has 0 spiro atoms. The Hall–Kier alpha value is 0.344. The molecule has 0 unspecified atom stereocenters. The van der Waals surface area contributed by atoms with Gasteiger partial charge in [0.25, 0.3) is 0 Å². The van der Waals surface area contributed by atoms with Crippen molar-refractivity contribution in [2.45, 2.75) is 39.3 Å². The highest BCUT2D eigenvalue weighted by molar-refractivity contribution is 8.21. The molecular weight excluding hydrogens is 206 g/mol. The molecule has 0 amide bonds. The van der Waals surface area contributed by atoms with Gasteiger partial charge >= 0.3 is 0 Å². The van der Waals surface area contributed by atoms with Gasteiger partial charge in [-0.15, -0.1) is 0 Å². The van der Waals surface area contributed by atoms with E-state index in [1.54, 1.807) is 0 Å². The van der Waals surface area contributed by atoms with E-state index in [0.717, 1.165) is 0 Å². The zero-order valence-electron chi connectivity index (χ0n) is 8.72. The molecule has 0 aliphatic heterocycles. The van der Waals surface area contributed by atoms with Gasteiger partial charge in [0.1, 0.15) is 8.24 Å². The zero-order chi connectivity index (χ0) is 10.2. The second kappa shape index (κ2) is 3.24. The predicted molar refractivity (Wildman–Crippen MR) is 58.7 cm³/mol. The molecule has 0 aromatic carbocycles. The summed E-state index contributed by atoms with van der Waals surface area (Å²) in [5, 5.41) is 0. The summed E-state index contributed by atoms with van der Waals surface area (Å²) >= 11 is 0. The van der Waals surface area contributed by atoms with Crippen LogP contribution in [0.4, 0.5) is 0 Å². The summed E-state index contributed by atoms with van der Waals surface area (Å²) in [6.45, 7) is 11.5. The molecule has 0 aromatic heterocycles. The van der Waals surface area contributed by atoms with Gasteiger partial charge in [0, 0.05) is 0 Å². The fourth-order valence-corrected chi connectivity index (χ4v) is 10.5. The third kappa shape index (κ3) is 3.84. The Labute approximate surface area is 77.4 Å². The standard InChI is InChI=1S/C6H19NO2SSi2/c1-11(2,3)7-10(8,9)12(4,5)6/h7H,1-6H3. The Morgan fingerprint density at radius 1 is 0.917 bits per heavy atom. The van der Waals surface area contributed by atoms with Crippen molar-refractivity contribution in [3.8, 4) is 0 Å². The Balaban J connectivity index is 4.70. The van der Waals surface area contributed by atoms with Gasteiger partial charge in [-0.1, -0.05) is 39.3 Å². The molecule has 0 rings (SSSR count). The van der Waals surface area contributed by atoms with Gasteiger partial charge in [0.2, 0.25) is 7.22 Å². The van der Waals surface area contributed by atoms with Crippen LogP contribution in [0, 0.1) is 0 Å². The van der Waals surface area contributed by atoms with Crippen molar-refractivity contribution < 1.29 is 8.42 Å². The number of hydrogen-bond acceptors (Lipinski definition) is 2. The minimum Gasteiger partial charge on any atom is -0.244 e. The summed E-state index contributed by atoms with van der Waals surface area (Å²) in [5.41, 5.74) is 0. The summed E-state index contributed by atoms with van der Waals surface area (Å²) < 4.78 is 26.1. The number of hydrogen-bond donors (Lipinski definition) is 1. The van der Waals surface area contributed by atoms with Crippen LogP contribution < -0.4 is 4.39 Å². The second-order valence-electron chi connectivity index (χ2n) is 4.97. The monoisotopic (exact) mass is 225 g/mol. The van der Waals surface area contributed by atoms with Crippen LogP contribution in [0.1, 0.15) is 0 Å². The largest absolute Gasteiger partial charge is 0.244 e. The highest BCUT2D eigenvalue weighted by Gasteiger charge is 2.35. The predicted octanol–water partition coefficient (Wildman–Crippen LogP) is 1.58. The van der Waals surface area contributed by atoms with Crippen LogP contribution in [0.3, 0.4) is 0 Å². The zero-order valence-corrected chi connectivity index (χ0v) is 11.5. The first-order chi connectivity index (χ1) is 4.96. The van der Waals surface area contributed by atoms with Crippen LogP contribution in [0.25, 0.3) is 0 Å². The van der Waals surface area contributed by atoms with Crippen molar-refractivity contribution in [2.75, 3.05) is 0 Å². The Bertz CT molecular complexity index is 248. The maximum atomic E-state index is 11.7. The minimum absolute atomic E-state index is 1.71. The lowest BCUT2D eigenvalue weighted by Crippen LogP contribution is -2.53. The Kier molecular flexibility index (Phi) is 3.34. The van der Waals surface area contributed by atoms with E-state index in [-0.39, 0.29) is 0 Å². The molecule has 0 aliphatic carbocycles. The van der Waals surface area contributed by atoms with Crippen molar-refractivity contribution >= 4 is 24.9 Å². The van der Waals surface area contributed by atoms with Crippen LogP contribution in [-0.2, 0) is 9.47 Å². The average molecular weight is 225 g/mol. The molecule has 0 atom stereocenters. The first kappa shape index (κ1) is 12.3. The molecule has 1 N–H and O–H groups in total. The maximum absolute atomic E-state index is 11.7. The van der Waals surface area contributed by atoms with Gasteiger partial charge in [-0.05, 0) is 0 Å². The summed E-state index contributed by atoms with van der Waals surface area (Å²) in [4.78, 5) is 0. The third-order valence-corrected chi connectivity index (χ3v) is 12.1. The van der Waals surface area contributed by atoms with Gasteiger partial charge in [-0.3, -0.25) is 0 Å². The van der Waals surface area contributed by atoms with Gasteiger partial charge < -0.3 is 0 Å². The van der Waals surface area contributed by atoms with Crippen LogP contribution in [0.5, 0.6) is 0 Å². The SMILES string of the molecule is C[Si](C)(C)NS(=O)(=O)[Si](C)(C)C. The minimum atomic E-state index is -3.00. The van der Waals surface area contributed by atoms with E-state index in [2.05, 4.69) is 4.39 Å². The summed E-state index contributed by atoms with van der Waals surface area (Å²) in [6.07, 6.45) is 0. The molecule has 0 radical (unpaired) electrons. The molecule has 0 saturated carbocycles. The molecule has 6 heteroatoms. The van der Waals surface area contributed by atoms with Crippen LogP contribution in [0.2, 0.25) is 39.3 Å². The lowest BCUT2D eigenvalue weighted by molar-refractivity contribution is 0.604. The van der Waals surface area contributed by atoms with Gasteiger partial charge in [0.15, 0.2) is 9.47 Å². The molecular formula is C6H19NO2SSi2. The average Bonchev–Trinajstić information content (AvgIpc) is 1.52. The molecule has 0 saturated heterocycles. The quantitative estimate of drug-likeness (QED) is 0.741. The molecule has 74 valence electrons. The molecule has 3 nitrogen and oxygen atoms in total. The van der Waals surface area contributed by atoms with E-state index in [9.17, 15) is 8.42 Å². The molecule has 0 aromatic rings. The van der Waals surface area contributed by atoms with Crippen LogP contribution >= 0.6 is 0 Å². The third-order valence-electron chi connectivity index (χ3n) is 1.25. The van der Waals surface area contributed by atoms with Gasteiger partial charge in [-0.2, -0.15) is 0 Å². The first-order valence-electron chi connectivity index (χ1n) is 3.99. The van der Waals surface area contributed by atoms with E-state index in [4.69, 9.17) is 0 Å². The van der Waals surface area contributed by atoms with E-state index in [1.807, 2.05) is 39.3 Å². The lowest BCUT2D eigenvalue weighted by Gasteiger charge is -2.24. The number of rotatable bonds is 3. The fourth-order valence-electron chi connectivity index (χ4n) is 0.556. The van der Waals surface area contributed by atoms with E-state index in [0.29, 0.717) is 0 Å². The van der Waals surface area contributed by atoms with Gasteiger partial charge in [0.05, 0.1) is 0 Å². The van der Waals surface area contributed by atoms with E-state index in [1.165, 1.54) is 0 Å². The van der Waals surface area contributed by atoms with Crippen molar-refractivity contribution in [2.24, 2.45) is 0 Å². The van der Waals surface area contributed by atoms with Gasteiger partial charge in [-0.25, -0.2) is 12.8 Å². The highest BCUT2D eigenvalue weighted by Crippen LogP contribution is 2.11. The van der Waals surface area contributed by atoms with E-state index >= 15 is 0 Å². The molecule has 0 aliphatic rings. The second-order valence-corrected chi connectivity index (χ2v) is 20.8. The van der Waals surface area contributed by atoms with Crippen molar-refractivity contribution in [3.63, 3.8) is 0 Å². The molecule has 0 heterocycles. The smallest absolute Gasteiger partial charge is 0.204 e. The Morgan fingerprint density at radius 2 is 1.25 bits per heavy atom. The number of nitrogens with one attached hydrogen (secondary N) is 1. The lowest BCUT2D eigenvalue weighted by atomic mass is 11.8. The van der Waals surface area contributed by atoms with Crippen LogP contribution in [0.15, 0.2) is 0 Å². The Morgan fingerprint density at radius 3 is 1.33 bits per heavy atom. The van der Waals surface area contributed by atoms with Crippen molar-refractivity contribution in [1.29, 1.82) is 0 Å². The summed E-state index contributed by atoms with van der Waals surface area (Å²) in [6, 6.07) is 0. The summed E-state index contributed by atoms with van der Waals surface area (Å²) in [7, 11) is -6.81. The normalized spacial score (nSPS) is 14.8. The topological polar surface area (TPSA) is 46.2 Å². The van der Waals surface area contributed by atoms with Crippen molar-refractivity contribution in [3.05, 3.63) is 0 Å². The molecule has 12 heavy (non-hydrogen) atoms. The molecule has 0 bridgehead atoms. The van der Waals surface area contributed by atoms with Crippen molar-refractivity contribution in [1.82, 2.24) is 4.39 Å². The molecule has 0 fully saturated rings. The highest BCUT2D eigenvalue weighted by atomic mass is 32.4.